The van der Waals surface area contributed by atoms with E-state index in [0.717, 1.165) is 27.7 Å². The molecule has 37 heavy (non-hydrogen) atoms. The number of methoxy groups -OCH3 is 1. The zero-order chi connectivity index (χ0) is 25.6. The summed E-state index contributed by atoms with van der Waals surface area (Å²) in [5, 5.41) is 7.05. The Bertz CT molecular complexity index is 1520. The lowest BCUT2D eigenvalue weighted by Crippen LogP contribution is -2.11. The van der Waals surface area contributed by atoms with Crippen molar-refractivity contribution in [2.45, 2.75) is 13.5 Å². The van der Waals surface area contributed by atoms with Gasteiger partial charge in [0.05, 0.1) is 12.6 Å². The summed E-state index contributed by atoms with van der Waals surface area (Å²) in [6.07, 6.45) is 1.51. The molecule has 7 nitrogen and oxygen atoms in total. The van der Waals surface area contributed by atoms with Crippen molar-refractivity contribution in [1.82, 2.24) is 9.97 Å². The molecule has 7 heteroatoms. The maximum Gasteiger partial charge on any atom is 0.255 e. The van der Waals surface area contributed by atoms with Gasteiger partial charge in [-0.25, -0.2) is 9.97 Å². The molecule has 0 fully saturated rings. The lowest BCUT2D eigenvalue weighted by molar-refractivity contribution is 0.102. The average molecular weight is 491 g/mol. The van der Waals surface area contributed by atoms with Gasteiger partial charge in [-0.3, -0.25) is 4.79 Å². The van der Waals surface area contributed by atoms with Crippen LogP contribution in [0.4, 0.5) is 17.2 Å². The fourth-order valence-electron chi connectivity index (χ4n) is 3.85. The first kappa shape index (κ1) is 23.8. The van der Waals surface area contributed by atoms with Gasteiger partial charge in [0.2, 0.25) is 0 Å². The molecule has 0 spiro atoms. The first-order valence-corrected chi connectivity index (χ1v) is 11.8. The Morgan fingerprint density at radius 1 is 0.838 bits per heavy atom. The van der Waals surface area contributed by atoms with Crippen LogP contribution in [0.25, 0.3) is 10.9 Å². The Labute approximate surface area is 215 Å². The van der Waals surface area contributed by atoms with Gasteiger partial charge in [0.15, 0.2) is 11.5 Å². The number of fused-ring (bicyclic) bond motifs is 1. The molecule has 2 N–H and O–H groups in total. The van der Waals surface area contributed by atoms with E-state index in [2.05, 4.69) is 20.6 Å². The molecule has 4 aromatic carbocycles. The second-order valence-corrected chi connectivity index (χ2v) is 8.54. The number of ether oxygens (including phenoxy) is 2. The van der Waals surface area contributed by atoms with Gasteiger partial charge >= 0.3 is 0 Å². The third-order valence-electron chi connectivity index (χ3n) is 5.88. The number of rotatable bonds is 8. The van der Waals surface area contributed by atoms with Crippen molar-refractivity contribution in [3.8, 4) is 11.5 Å². The van der Waals surface area contributed by atoms with Gasteiger partial charge in [-0.1, -0.05) is 48.0 Å². The maximum atomic E-state index is 12.5. The molecule has 0 aliphatic heterocycles. The summed E-state index contributed by atoms with van der Waals surface area (Å²) in [5.41, 5.74) is 5.03. The van der Waals surface area contributed by atoms with Gasteiger partial charge in [-0.15, -0.1) is 0 Å². The third-order valence-corrected chi connectivity index (χ3v) is 5.88. The van der Waals surface area contributed by atoms with Gasteiger partial charge in [0.25, 0.3) is 5.91 Å². The van der Waals surface area contributed by atoms with Crippen molar-refractivity contribution in [3.63, 3.8) is 0 Å². The molecule has 5 aromatic rings. The standard InChI is InChI=1S/C30H26N4O3/c1-20-8-10-22(11-9-20)30(35)34-24-14-12-23(13-15-24)33-29-25-16-27(36-2)28(17-26(25)31-19-32-29)37-18-21-6-4-3-5-7-21/h3-17,19H,18H2,1-2H3,(H,34,35)(H,31,32,33). The minimum atomic E-state index is -0.153. The molecule has 5 rings (SSSR count). The molecule has 0 aliphatic rings. The molecule has 0 atom stereocenters. The highest BCUT2D eigenvalue weighted by atomic mass is 16.5. The van der Waals surface area contributed by atoms with Crippen molar-refractivity contribution < 1.29 is 14.3 Å². The molecule has 1 heterocycles. The second-order valence-electron chi connectivity index (χ2n) is 8.54. The molecule has 0 bridgehead atoms. The minimum Gasteiger partial charge on any atom is -0.493 e. The van der Waals surface area contributed by atoms with Crippen molar-refractivity contribution in [3.05, 3.63) is 114 Å². The van der Waals surface area contributed by atoms with Crippen LogP contribution in [0.2, 0.25) is 0 Å². The van der Waals surface area contributed by atoms with Gasteiger partial charge in [0, 0.05) is 28.4 Å². The second kappa shape index (κ2) is 10.8. The summed E-state index contributed by atoms with van der Waals surface area (Å²) in [4.78, 5) is 21.3. The van der Waals surface area contributed by atoms with E-state index in [0.29, 0.717) is 35.2 Å². The molecule has 1 aromatic heterocycles. The summed E-state index contributed by atoms with van der Waals surface area (Å²) in [5.74, 6) is 1.68. The number of aryl methyl sites for hydroxylation is 1. The quantitative estimate of drug-likeness (QED) is 0.258. The molecule has 0 saturated heterocycles. The Morgan fingerprint density at radius 2 is 1.57 bits per heavy atom. The topological polar surface area (TPSA) is 85.4 Å². The Balaban J connectivity index is 1.32. The van der Waals surface area contributed by atoms with Crippen LogP contribution in [-0.4, -0.2) is 23.0 Å². The van der Waals surface area contributed by atoms with Crippen LogP contribution in [0.15, 0.2) is 97.3 Å². The lowest BCUT2D eigenvalue weighted by atomic mass is 10.1. The van der Waals surface area contributed by atoms with Crippen molar-refractivity contribution in [1.29, 1.82) is 0 Å². The number of nitrogens with one attached hydrogen (secondary N) is 2. The van der Waals surface area contributed by atoms with Crippen LogP contribution in [0.1, 0.15) is 21.5 Å². The predicted octanol–water partition coefficient (Wildman–Crippen LogP) is 6.52. The number of aromatic nitrogens is 2. The molecule has 1 amide bonds. The smallest absolute Gasteiger partial charge is 0.255 e. The Morgan fingerprint density at radius 3 is 2.30 bits per heavy atom. The van der Waals surface area contributed by atoms with E-state index < -0.39 is 0 Å². The highest BCUT2D eigenvalue weighted by Gasteiger charge is 2.13. The van der Waals surface area contributed by atoms with Gasteiger partial charge in [-0.2, -0.15) is 0 Å². The first-order chi connectivity index (χ1) is 18.1. The van der Waals surface area contributed by atoms with Gasteiger partial charge < -0.3 is 20.1 Å². The largest absolute Gasteiger partial charge is 0.493 e. The van der Waals surface area contributed by atoms with Crippen LogP contribution in [0, 0.1) is 6.92 Å². The minimum absolute atomic E-state index is 0.153. The summed E-state index contributed by atoms with van der Waals surface area (Å²) >= 11 is 0. The highest BCUT2D eigenvalue weighted by Crippen LogP contribution is 2.35. The number of anilines is 3. The van der Waals surface area contributed by atoms with Crippen LogP contribution in [-0.2, 0) is 6.61 Å². The molecule has 0 saturated carbocycles. The van der Waals surface area contributed by atoms with E-state index in [9.17, 15) is 4.79 Å². The number of carbonyl (C=O) groups is 1. The molecule has 0 radical (unpaired) electrons. The zero-order valence-electron chi connectivity index (χ0n) is 20.6. The first-order valence-electron chi connectivity index (χ1n) is 11.8. The number of hydrogen-bond donors (Lipinski definition) is 2. The average Bonchev–Trinajstić information content (AvgIpc) is 2.93. The molecular weight excluding hydrogens is 464 g/mol. The SMILES string of the molecule is COc1cc2c(Nc3ccc(NC(=O)c4ccc(C)cc4)cc3)ncnc2cc1OCc1ccccc1. The summed E-state index contributed by atoms with van der Waals surface area (Å²) in [7, 11) is 1.61. The van der Waals surface area contributed by atoms with E-state index >= 15 is 0 Å². The molecule has 0 unspecified atom stereocenters. The van der Waals surface area contributed by atoms with Crippen molar-refractivity contribution in [2.75, 3.05) is 17.7 Å². The van der Waals surface area contributed by atoms with Crippen LogP contribution in [0.5, 0.6) is 11.5 Å². The summed E-state index contributed by atoms with van der Waals surface area (Å²) in [6.45, 7) is 2.41. The number of carbonyl (C=O) groups excluding carboxylic acids is 1. The maximum absolute atomic E-state index is 12.5. The Hall–Kier alpha value is -4.91. The van der Waals surface area contributed by atoms with Crippen LogP contribution >= 0.6 is 0 Å². The normalized spacial score (nSPS) is 10.6. The number of amides is 1. The van der Waals surface area contributed by atoms with E-state index in [1.165, 1.54) is 6.33 Å². The van der Waals surface area contributed by atoms with E-state index in [1.54, 1.807) is 7.11 Å². The van der Waals surface area contributed by atoms with E-state index in [-0.39, 0.29) is 5.91 Å². The summed E-state index contributed by atoms with van der Waals surface area (Å²) < 4.78 is 11.6. The number of benzene rings is 4. The lowest BCUT2D eigenvalue weighted by Gasteiger charge is -2.14. The fourth-order valence-corrected chi connectivity index (χ4v) is 3.85. The summed E-state index contributed by atoms with van der Waals surface area (Å²) in [6, 6.07) is 28.6. The fraction of sp³-hybridized carbons (Fsp3) is 0.100. The highest BCUT2D eigenvalue weighted by molar-refractivity contribution is 6.04. The van der Waals surface area contributed by atoms with Crippen molar-refractivity contribution >= 4 is 34.0 Å². The molecular formula is C30H26N4O3. The monoisotopic (exact) mass is 490 g/mol. The van der Waals surface area contributed by atoms with Crippen LogP contribution in [0.3, 0.4) is 0 Å². The van der Waals surface area contributed by atoms with E-state index in [4.69, 9.17) is 9.47 Å². The molecule has 0 aliphatic carbocycles. The Kier molecular flexibility index (Phi) is 6.94. The number of nitrogens with zero attached hydrogens (tertiary/aromatic N) is 2. The van der Waals surface area contributed by atoms with E-state index in [1.807, 2.05) is 97.9 Å². The van der Waals surface area contributed by atoms with Crippen molar-refractivity contribution in [2.24, 2.45) is 0 Å². The molecule has 184 valence electrons. The zero-order valence-corrected chi connectivity index (χ0v) is 20.6. The van der Waals surface area contributed by atoms with Gasteiger partial charge in [0.1, 0.15) is 18.8 Å². The third kappa shape index (κ3) is 5.67. The predicted molar refractivity (Wildman–Crippen MR) is 146 cm³/mol. The number of hydrogen-bond acceptors (Lipinski definition) is 6. The van der Waals surface area contributed by atoms with Crippen LogP contribution < -0.4 is 20.1 Å². The van der Waals surface area contributed by atoms with Gasteiger partial charge in [-0.05, 0) is 55.0 Å².